The lowest BCUT2D eigenvalue weighted by Gasteiger charge is -2.17. The fourth-order valence-electron chi connectivity index (χ4n) is 2.51. The molecule has 0 fully saturated rings. The molecule has 1 atom stereocenters. The van der Waals surface area contributed by atoms with Gasteiger partial charge in [-0.3, -0.25) is 14.6 Å². The molecule has 0 saturated heterocycles. The summed E-state index contributed by atoms with van der Waals surface area (Å²) < 4.78 is 42.5. The molecular formula is C19H15F3N4O3. The van der Waals surface area contributed by atoms with Crippen molar-refractivity contribution in [2.75, 3.05) is 5.32 Å². The van der Waals surface area contributed by atoms with Gasteiger partial charge in [0.05, 0.1) is 11.4 Å². The van der Waals surface area contributed by atoms with E-state index in [1.807, 2.05) is 0 Å². The first kappa shape index (κ1) is 20.1. The molecule has 0 bridgehead atoms. The van der Waals surface area contributed by atoms with E-state index in [1.165, 1.54) is 37.3 Å². The number of nitrogens with one attached hydrogen (secondary N) is 1. The van der Waals surface area contributed by atoms with Crippen molar-refractivity contribution in [2.45, 2.75) is 19.3 Å². The lowest BCUT2D eigenvalue weighted by Crippen LogP contribution is -2.33. The van der Waals surface area contributed by atoms with Gasteiger partial charge in [0, 0.05) is 24.0 Å². The number of rotatable bonds is 5. The lowest BCUT2D eigenvalue weighted by molar-refractivity contribution is -0.274. The topological polar surface area (TPSA) is 86.1 Å². The minimum atomic E-state index is -4.91. The molecular weight excluding hydrogens is 389 g/mol. The molecule has 0 spiro atoms. The van der Waals surface area contributed by atoms with Crippen molar-refractivity contribution in [3.05, 3.63) is 71.3 Å². The standard InChI is InChI=1S/C19H15F3N4O3/c1-12(18(28)24-15-4-2-3-5-16(15)29-19(20,21)22)26-17(27)7-6-14(25-26)13-8-10-23-11-9-13/h2-12H,1H3,(H,24,28). The van der Waals surface area contributed by atoms with Crippen LogP contribution in [-0.4, -0.2) is 27.0 Å². The zero-order valence-electron chi connectivity index (χ0n) is 15.1. The normalized spacial score (nSPS) is 12.3. The second-order valence-electron chi connectivity index (χ2n) is 5.95. The summed E-state index contributed by atoms with van der Waals surface area (Å²) >= 11 is 0. The monoisotopic (exact) mass is 404 g/mol. The van der Waals surface area contributed by atoms with E-state index in [0.717, 1.165) is 10.7 Å². The molecule has 150 valence electrons. The molecule has 1 N–H and O–H groups in total. The summed E-state index contributed by atoms with van der Waals surface area (Å²) in [5.41, 5.74) is 0.406. The predicted molar refractivity (Wildman–Crippen MR) is 98.2 cm³/mol. The summed E-state index contributed by atoms with van der Waals surface area (Å²) in [6.07, 6.45) is -1.80. The fraction of sp³-hybridized carbons (Fsp3) is 0.158. The Morgan fingerprint density at radius 1 is 1.10 bits per heavy atom. The van der Waals surface area contributed by atoms with Crippen LogP contribution in [0.1, 0.15) is 13.0 Å². The number of carbonyl (C=O) groups excluding carboxylic acids is 1. The summed E-state index contributed by atoms with van der Waals surface area (Å²) in [4.78, 5) is 28.7. The number of aromatic nitrogens is 3. The van der Waals surface area contributed by atoms with E-state index in [4.69, 9.17) is 0 Å². The highest BCUT2D eigenvalue weighted by Gasteiger charge is 2.32. The van der Waals surface area contributed by atoms with Crippen LogP contribution in [0.25, 0.3) is 11.3 Å². The maximum atomic E-state index is 12.6. The molecule has 3 aromatic rings. The van der Waals surface area contributed by atoms with E-state index in [9.17, 15) is 22.8 Å². The van der Waals surface area contributed by atoms with Crippen molar-refractivity contribution in [1.29, 1.82) is 0 Å². The van der Waals surface area contributed by atoms with Crippen LogP contribution in [-0.2, 0) is 4.79 Å². The minimum Gasteiger partial charge on any atom is -0.404 e. The van der Waals surface area contributed by atoms with E-state index in [1.54, 1.807) is 24.5 Å². The molecule has 0 radical (unpaired) electrons. The molecule has 2 heterocycles. The smallest absolute Gasteiger partial charge is 0.404 e. The molecule has 1 aromatic carbocycles. The number of amides is 1. The third kappa shape index (κ3) is 4.98. The van der Waals surface area contributed by atoms with Gasteiger partial charge in [-0.2, -0.15) is 5.10 Å². The summed E-state index contributed by atoms with van der Waals surface area (Å²) in [7, 11) is 0. The fourth-order valence-corrected chi connectivity index (χ4v) is 2.51. The SMILES string of the molecule is CC(C(=O)Nc1ccccc1OC(F)(F)F)n1nc(-c2ccncc2)ccc1=O. The van der Waals surface area contributed by atoms with E-state index in [0.29, 0.717) is 11.3 Å². The highest BCUT2D eigenvalue weighted by molar-refractivity contribution is 5.94. The second-order valence-corrected chi connectivity index (χ2v) is 5.95. The number of benzene rings is 1. The first-order chi connectivity index (χ1) is 13.7. The first-order valence-corrected chi connectivity index (χ1v) is 8.40. The van der Waals surface area contributed by atoms with Crippen molar-refractivity contribution in [1.82, 2.24) is 14.8 Å². The highest BCUT2D eigenvalue weighted by Crippen LogP contribution is 2.30. The van der Waals surface area contributed by atoms with E-state index in [2.05, 4.69) is 20.1 Å². The van der Waals surface area contributed by atoms with Gasteiger partial charge in [0.1, 0.15) is 6.04 Å². The first-order valence-electron chi connectivity index (χ1n) is 8.40. The summed E-state index contributed by atoms with van der Waals surface area (Å²) in [5, 5.41) is 6.54. The maximum Gasteiger partial charge on any atom is 0.573 e. The predicted octanol–water partition coefficient (Wildman–Crippen LogP) is 3.40. The Morgan fingerprint density at radius 3 is 2.48 bits per heavy atom. The van der Waals surface area contributed by atoms with E-state index < -0.39 is 29.6 Å². The zero-order chi connectivity index (χ0) is 21.0. The lowest BCUT2D eigenvalue weighted by atomic mass is 10.2. The molecule has 0 aliphatic carbocycles. The van der Waals surface area contributed by atoms with Crippen molar-refractivity contribution < 1.29 is 22.7 Å². The number of halogens is 3. The molecule has 1 amide bonds. The van der Waals surface area contributed by atoms with E-state index >= 15 is 0 Å². The third-order valence-electron chi connectivity index (χ3n) is 3.92. The second kappa shape index (κ2) is 8.13. The Morgan fingerprint density at radius 2 is 1.79 bits per heavy atom. The van der Waals surface area contributed by atoms with Gasteiger partial charge in [-0.05, 0) is 37.3 Å². The summed E-state index contributed by atoms with van der Waals surface area (Å²) in [5.74, 6) is -1.30. The largest absolute Gasteiger partial charge is 0.573 e. The quantitative estimate of drug-likeness (QED) is 0.704. The van der Waals surface area contributed by atoms with Crippen LogP contribution in [0.5, 0.6) is 5.75 Å². The molecule has 2 aromatic heterocycles. The van der Waals surface area contributed by atoms with Crippen LogP contribution in [0.2, 0.25) is 0 Å². The minimum absolute atomic E-state index is 0.181. The maximum absolute atomic E-state index is 12.6. The van der Waals surface area contributed by atoms with Crippen LogP contribution in [0.15, 0.2) is 65.7 Å². The number of pyridine rings is 1. The zero-order valence-corrected chi connectivity index (χ0v) is 15.1. The number of hydrogen-bond acceptors (Lipinski definition) is 5. The highest BCUT2D eigenvalue weighted by atomic mass is 19.4. The molecule has 0 aliphatic rings. The number of ether oxygens (including phenoxy) is 1. The number of hydrogen-bond donors (Lipinski definition) is 1. The van der Waals surface area contributed by atoms with Crippen molar-refractivity contribution in [2.24, 2.45) is 0 Å². The van der Waals surface area contributed by atoms with E-state index in [-0.39, 0.29) is 5.69 Å². The molecule has 0 aliphatic heterocycles. The number of para-hydroxylation sites is 2. The van der Waals surface area contributed by atoms with Crippen LogP contribution in [0, 0.1) is 0 Å². The molecule has 1 unspecified atom stereocenters. The van der Waals surface area contributed by atoms with Gasteiger partial charge in [0.15, 0.2) is 5.75 Å². The van der Waals surface area contributed by atoms with Gasteiger partial charge >= 0.3 is 6.36 Å². The summed E-state index contributed by atoms with van der Waals surface area (Å²) in [6.45, 7) is 1.41. The number of nitrogens with zero attached hydrogens (tertiary/aromatic N) is 3. The Bertz CT molecular complexity index is 1070. The van der Waals surface area contributed by atoms with Crippen LogP contribution in [0.4, 0.5) is 18.9 Å². The number of alkyl halides is 3. The number of carbonyl (C=O) groups is 1. The molecule has 3 rings (SSSR count). The van der Waals surface area contributed by atoms with Gasteiger partial charge in [-0.15, -0.1) is 13.2 Å². The molecule has 10 heteroatoms. The molecule has 7 nitrogen and oxygen atoms in total. The van der Waals surface area contributed by atoms with Gasteiger partial charge in [-0.1, -0.05) is 12.1 Å². The van der Waals surface area contributed by atoms with Crippen LogP contribution < -0.4 is 15.6 Å². The average molecular weight is 404 g/mol. The Balaban J connectivity index is 1.86. The van der Waals surface area contributed by atoms with Crippen molar-refractivity contribution >= 4 is 11.6 Å². The molecule has 0 saturated carbocycles. The van der Waals surface area contributed by atoms with Crippen LogP contribution in [0.3, 0.4) is 0 Å². The Kier molecular flexibility index (Phi) is 5.62. The van der Waals surface area contributed by atoms with Gasteiger partial charge in [0.2, 0.25) is 5.91 Å². The summed E-state index contributed by atoms with van der Waals surface area (Å²) in [6, 6.07) is 10.2. The van der Waals surface area contributed by atoms with Gasteiger partial charge < -0.3 is 10.1 Å². The van der Waals surface area contributed by atoms with Crippen LogP contribution >= 0.6 is 0 Å². The van der Waals surface area contributed by atoms with Crippen molar-refractivity contribution in [3.63, 3.8) is 0 Å². The Hall–Kier alpha value is -3.69. The van der Waals surface area contributed by atoms with Gasteiger partial charge in [0.25, 0.3) is 5.56 Å². The average Bonchev–Trinajstić information content (AvgIpc) is 2.69. The van der Waals surface area contributed by atoms with Gasteiger partial charge in [-0.25, -0.2) is 4.68 Å². The third-order valence-corrected chi connectivity index (χ3v) is 3.92. The Labute approximate surface area is 162 Å². The van der Waals surface area contributed by atoms with Crippen molar-refractivity contribution in [3.8, 4) is 17.0 Å². The number of anilines is 1. The molecule has 29 heavy (non-hydrogen) atoms.